The highest BCUT2D eigenvalue weighted by Gasteiger charge is 2.20. The molecule has 8 heteroatoms. The van der Waals surface area contributed by atoms with Crippen LogP contribution in [0.2, 0.25) is 0 Å². The Morgan fingerprint density at radius 3 is 2.57 bits per heavy atom. The monoisotopic (exact) mass is 417 g/mol. The van der Waals surface area contributed by atoms with Gasteiger partial charge in [0.1, 0.15) is 0 Å². The van der Waals surface area contributed by atoms with Crippen LogP contribution in [-0.2, 0) is 10.0 Å². The second-order valence-corrected chi connectivity index (χ2v) is 9.85. The largest absolute Gasteiger partial charge is 0.322 e. The molecule has 0 spiro atoms. The number of carbonyl (C=O) groups is 1. The van der Waals surface area contributed by atoms with E-state index < -0.39 is 10.0 Å². The molecule has 0 saturated heterocycles. The number of nitrogens with one attached hydrogen (secondary N) is 1. The van der Waals surface area contributed by atoms with Crippen LogP contribution >= 0.6 is 11.3 Å². The summed E-state index contributed by atoms with van der Waals surface area (Å²) in [6.07, 6.45) is 1.73. The van der Waals surface area contributed by atoms with E-state index in [0.717, 1.165) is 28.1 Å². The Morgan fingerprint density at radius 2 is 1.89 bits per heavy atom. The number of amides is 1. The molecule has 0 atom stereocenters. The number of aromatic nitrogens is 1. The van der Waals surface area contributed by atoms with Gasteiger partial charge in [0.2, 0.25) is 10.0 Å². The summed E-state index contributed by atoms with van der Waals surface area (Å²) in [7, 11) is -1.97. The molecular formula is C20H23N3O3S2. The lowest BCUT2D eigenvalue weighted by Gasteiger charge is -2.17. The average molecular weight is 418 g/mol. The van der Waals surface area contributed by atoms with E-state index in [2.05, 4.69) is 10.3 Å². The molecule has 0 aliphatic carbocycles. The summed E-state index contributed by atoms with van der Waals surface area (Å²) < 4.78 is 27.5. The van der Waals surface area contributed by atoms with Gasteiger partial charge in [-0.3, -0.25) is 4.79 Å². The van der Waals surface area contributed by atoms with Crippen molar-refractivity contribution in [3.63, 3.8) is 0 Å². The van der Waals surface area contributed by atoms with Gasteiger partial charge in [-0.1, -0.05) is 13.3 Å². The van der Waals surface area contributed by atoms with Gasteiger partial charge in [-0.25, -0.2) is 17.7 Å². The van der Waals surface area contributed by atoms with Crippen LogP contribution < -0.4 is 5.32 Å². The zero-order chi connectivity index (χ0) is 20.3. The van der Waals surface area contributed by atoms with Gasteiger partial charge in [-0.15, -0.1) is 11.3 Å². The maximum atomic E-state index is 12.6. The second kappa shape index (κ2) is 8.38. The molecule has 0 saturated carbocycles. The Morgan fingerprint density at radius 1 is 1.18 bits per heavy atom. The van der Waals surface area contributed by atoms with E-state index in [1.807, 2.05) is 26.0 Å². The molecule has 1 aromatic heterocycles. The Labute approximate surface area is 169 Å². The second-order valence-electron chi connectivity index (χ2n) is 6.57. The van der Waals surface area contributed by atoms with Crippen molar-refractivity contribution < 1.29 is 13.2 Å². The molecule has 148 valence electrons. The molecular weight excluding hydrogens is 394 g/mol. The maximum Gasteiger partial charge on any atom is 0.255 e. The molecule has 2 aromatic carbocycles. The molecule has 0 radical (unpaired) electrons. The van der Waals surface area contributed by atoms with Crippen molar-refractivity contribution in [2.24, 2.45) is 0 Å². The first-order valence-corrected chi connectivity index (χ1v) is 11.3. The average Bonchev–Trinajstić information content (AvgIpc) is 3.05. The van der Waals surface area contributed by atoms with Crippen molar-refractivity contribution in [3.8, 4) is 0 Å². The number of aryl methyl sites for hydroxylation is 1. The molecule has 1 amide bonds. The number of unbranched alkanes of at least 4 members (excludes halogenated alkanes) is 1. The predicted octanol–water partition coefficient (Wildman–Crippen LogP) is 4.28. The van der Waals surface area contributed by atoms with E-state index in [-0.39, 0.29) is 10.8 Å². The molecule has 0 aliphatic heterocycles. The SMILES string of the molecule is CCCCN(C)S(=O)(=O)c1ccc(C(=O)Nc2ccc3nc(C)sc3c2)cc1. The lowest BCUT2D eigenvalue weighted by Crippen LogP contribution is -2.28. The van der Waals surface area contributed by atoms with E-state index >= 15 is 0 Å². The molecule has 28 heavy (non-hydrogen) atoms. The van der Waals surface area contributed by atoms with Gasteiger partial charge in [0.05, 0.1) is 20.1 Å². The van der Waals surface area contributed by atoms with Crippen LogP contribution in [0.3, 0.4) is 0 Å². The van der Waals surface area contributed by atoms with Crippen molar-refractivity contribution >= 4 is 43.2 Å². The third-order valence-electron chi connectivity index (χ3n) is 4.40. The van der Waals surface area contributed by atoms with Crippen LogP contribution in [0.15, 0.2) is 47.4 Å². The molecule has 0 aliphatic rings. The number of hydrogen-bond acceptors (Lipinski definition) is 5. The van der Waals surface area contributed by atoms with Crippen molar-refractivity contribution in [1.29, 1.82) is 0 Å². The van der Waals surface area contributed by atoms with E-state index in [0.29, 0.717) is 17.8 Å². The molecule has 0 unspecified atom stereocenters. The third-order valence-corrected chi connectivity index (χ3v) is 7.21. The number of rotatable bonds is 7. The first-order valence-electron chi connectivity index (χ1n) is 9.06. The van der Waals surface area contributed by atoms with Crippen LogP contribution in [0.5, 0.6) is 0 Å². The summed E-state index contributed by atoms with van der Waals surface area (Å²) >= 11 is 1.57. The summed E-state index contributed by atoms with van der Waals surface area (Å²) in [4.78, 5) is 17.1. The number of hydrogen-bond donors (Lipinski definition) is 1. The maximum absolute atomic E-state index is 12.6. The van der Waals surface area contributed by atoms with Crippen molar-refractivity contribution in [3.05, 3.63) is 53.0 Å². The minimum atomic E-state index is -3.54. The lowest BCUT2D eigenvalue weighted by atomic mass is 10.2. The van der Waals surface area contributed by atoms with Gasteiger partial charge in [0.25, 0.3) is 5.91 Å². The molecule has 0 bridgehead atoms. The molecule has 0 fully saturated rings. The highest BCUT2D eigenvalue weighted by atomic mass is 32.2. The zero-order valence-electron chi connectivity index (χ0n) is 16.1. The summed E-state index contributed by atoms with van der Waals surface area (Å²) in [5.41, 5.74) is 1.98. The number of thiazole rings is 1. The van der Waals surface area contributed by atoms with Crippen LogP contribution in [0.25, 0.3) is 10.2 Å². The number of sulfonamides is 1. The third kappa shape index (κ3) is 4.40. The van der Waals surface area contributed by atoms with Crippen LogP contribution in [-0.4, -0.2) is 37.2 Å². The molecule has 3 rings (SSSR count). The Hall–Kier alpha value is -2.29. The molecule has 3 aromatic rings. The van der Waals surface area contributed by atoms with Crippen molar-refractivity contribution in [2.45, 2.75) is 31.6 Å². The molecule has 1 N–H and O–H groups in total. The quantitative estimate of drug-likeness (QED) is 0.622. The first-order chi connectivity index (χ1) is 13.3. The Kier molecular flexibility index (Phi) is 6.12. The van der Waals surface area contributed by atoms with E-state index in [1.165, 1.54) is 28.6 Å². The van der Waals surface area contributed by atoms with Gasteiger partial charge < -0.3 is 5.32 Å². The van der Waals surface area contributed by atoms with Crippen molar-refractivity contribution in [2.75, 3.05) is 18.9 Å². The van der Waals surface area contributed by atoms with Crippen molar-refractivity contribution in [1.82, 2.24) is 9.29 Å². The zero-order valence-corrected chi connectivity index (χ0v) is 17.7. The van der Waals surface area contributed by atoms with E-state index in [9.17, 15) is 13.2 Å². The van der Waals surface area contributed by atoms with E-state index in [1.54, 1.807) is 24.5 Å². The topological polar surface area (TPSA) is 79.4 Å². The summed E-state index contributed by atoms with van der Waals surface area (Å²) in [5.74, 6) is -0.288. The predicted molar refractivity (Wildman–Crippen MR) is 113 cm³/mol. The summed E-state index contributed by atoms with van der Waals surface area (Å²) in [5, 5.41) is 3.82. The molecule has 1 heterocycles. The molecule has 6 nitrogen and oxygen atoms in total. The van der Waals surface area contributed by atoms with Gasteiger partial charge in [0.15, 0.2) is 0 Å². The highest BCUT2D eigenvalue weighted by Crippen LogP contribution is 2.25. The first kappa shape index (κ1) is 20.4. The van der Waals surface area contributed by atoms with Gasteiger partial charge in [-0.2, -0.15) is 0 Å². The summed E-state index contributed by atoms with van der Waals surface area (Å²) in [6.45, 7) is 4.43. The van der Waals surface area contributed by atoms with Crippen LogP contribution in [0.1, 0.15) is 35.1 Å². The lowest BCUT2D eigenvalue weighted by molar-refractivity contribution is 0.102. The van der Waals surface area contributed by atoms with Crippen LogP contribution in [0.4, 0.5) is 5.69 Å². The van der Waals surface area contributed by atoms with Crippen LogP contribution in [0, 0.1) is 6.92 Å². The normalized spacial score (nSPS) is 11.9. The highest BCUT2D eigenvalue weighted by molar-refractivity contribution is 7.89. The fourth-order valence-electron chi connectivity index (χ4n) is 2.78. The van der Waals surface area contributed by atoms with Gasteiger partial charge in [0, 0.05) is 24.8 Å². The number of fused-ring (bicyclic) bond motifs is 1. The number of anilines is 1. The number of benzene rings is 2. The minimum Gasteiger partial charge on any atom is -0.322 e. The van der Waals surface area contributed by atoms with E-state index in [4.69, 9.17) is 0 Å². The minimum absolute atomic E-state index is 0.184. The fourth-order valence-corrected chi connectivity index (χ4v) is 4.86. The fraction of sp³-hybridized carbons (Fsp3) is 0.300. The van der Waals surface area contributed by atoms with Gasteiger partial charge >= 0.3 is 0 Å². The number of nitrogens with zero attached hydrogens (tertiary/aromatic N) is 2. The smallest absolute Gasteiger partial charge is 0.255 e. The van der Waals surface area contributed by atoms with Gasteiger partial charge in [-0.05, 0) is 55.8 Å². The Bertz CT molecular complexity index is 1090. The number of carbonyl (C=O) groups excluding carboxylic acids is 1. The summed E-state index contributed by atoms with van der Waals surface area (Å²) in [6, 6.07) is 11.6. The standard InChI is InChI=1S/C20H23N3O3S2/c1-4-5-12-23(3)28(25,26)17-9-6-15(7-10-17)20(24)22-16-8-11-18-19(13-16)27-14(2)21-18/h6-11,13H,4-5,12H2,1-3H3,(H,22,24). The Balaban J connectivity index is 1.73.